The molecule has 7 rings (SSSR count). The van der Waals surface area contributed by atoms with Crippen LogP contribution in [0.3, 0.4) is 0 Å². The van der Waals surface area contributed by atoms with Gasteiger partial charge in [-0.1, -0.05) is 12.1 Å². The van der Waals surface area contributed by atoms with E-state index in [1.807, 2.05) is 0 Å². The van der Waals surface area contributed by atoms with E-state index >= 15 is 0 Å². The Balaban J connectivity index is 1.18. The van der Waals surface area contributed by atoms with Crippen LogP contribution in [0.25, 0.3) is 12.2 Å². The SMILES string of the molecule is COc1cc(/C=C/C(=O)O[C@H]2[C@H](OC(=O)/C=C/c3ccc(O)c(OC)c3)[C@H](O[C@H]3C4C=CO[C@@H](O[C@@H]5O[C@H](CO)[C@@H](O)[C@H](O)[C@H]5O)C4[C@@]4(CO)O[C@@H]34)O[C@H](C)[C@@H]2OC(C)=O)ccc1O. The zero-order valence-corrected chi connectivity index (χ0v) is 34.8. The van der Waals surface area contributed by atoms with E-state index in [0.29, 0.717) is 11.1 Å². The molecule has 2 aromatic rings. The first-order valence-electron chi connectivity index (χ1n) is 20.2. The normalized spacial score (nSPS) is 36.4. The van der Waals surface area contributed by atoms with Crippen molar-refractivity contribution in [3.63, 3.8) is 0 Å². The number of methoxy groups -OCH3 is 2. The van der Waals surface area contributed by atoms with Crippen LogP contribution in [0.1, 0.15) is 25.0 Å². The van der Waals surface area contributed by atoms with Gasteiger partial charge in [-0.15, -0.1) is 0 Å². The molecule has 7 N–H and O–H groups in total. The van der Waals surface area contributed by atoms with Gasteiger partial charge in [-0.05, 0) is 60.5 Å². The number of aliphatic hydroxyl groups excluding tert-OH is 5. The van der Waals surface area contributed by atoms with Crippen LogP contribution < -0.4 is 9.47 Å². The van der Waals surface area contributed by atoms with E-state index in [-0.39, 0.29) is 23.0 Å². The second-order valence-corrected chi connectivity index (χ2v) is 15.6. The fourth-order valence-corrected chi connectivity index (χ4v) is 8.43. The summed E-state index contributed by atoms with van der Waals surface area (Å²) in [6.07, 6.45) is -10.8. The number of aromatic hydroxyl groups is 2. The zero-order valence-electron chi connectivity index (χ0n) is 34.8. The lowest BCUT2D eigenvalue weighted by Gasteiger charge is -2.45. The van der Waals surface area contributed by atoms with E-state index in [4.69, 9.17) is 52.1 Å². The monoisotopic (exact) mass is 902 g/mol. The van der Waals surface area contributed by atoms with Crippen LogP contribution in [0, 0.1) is 11.8 Å². The summed E-state index contributed by atoms with van der Waals surface area (Å²) in [6.45, 7) is 1.35. The average Bonchev–Trinajstić information content (AvgIpc) is 3.95. The van der Waals surface area contributed by atoms with Gasteiger partial charge in [0.25, 0.3) is 0 Å². The van der Waals surface area contributed by atoms with E-state index in [9.17, 15) is 50.1 Å². The Kier molecular flexibility index (Phi) is 14.2. The maximum atomic E-state index is 13.7. The molecule has 2 unspecified atom stereocenters. The van der Waals surface area contributed by atoms with Crippen LogP contribution >= 0.6 is 0 Å². The molecule has 0 bridgehead atoms. The van der Waals surface area contributed by atoms with E-state index < -0.39 is 128 Å². The number of hydrogen-bond acceptors (Lipinski definition) is 21. The molecule has 5 aliphatic rings. The van der Waals surface area contributed by atoms with Crippen molar-refractivity contribution in [2.24, 2.45) is 11.8 Å². The molecular weight excluding hydrogens is 852 g/mol. The summed E-state index contributed by atoms with van der Waals surface area (Å²) in [5, 5.41) is 71.9. The summed E-state index contributed by atoms with van der Waals surface area (Å²) in [5.41, 5.74) is -0.498. The highest BCUT2D eigenvalue weighted by molar-refractivity contribution is 5.88. The Bertz CT molecular complexity index is 2100. The van der Waals surface area contributed by atoms with Crippen molar-refractivity contribution in [1.29, 1.82) is 0 Å². The zero-order chi connectivity index (χ0) is 46.0. The molecule has 0 radical (unpaired) electrons. The number of epoxide rings is 1. The van der Waals surface area contributed by atoms with E-state index in [1.165, 1.54) is 76.0 Å². The minimum Gasteiger partial charge on any atom is -0.504 e. The third kappa shape index (κ3) is 9.40. The van der Waals surface area contributed by atoms with Crippen molar-refractivity contribution in [3.8, 4) is 23.0 Å². The van der Waals surface area contributed by atoms with Crippen molar-refractivity contribution >= 4 is 30.1 Å². The van der Waals surface area contributed by atoms with Gasteiger partial charge in [0.15, 0.2) is 53.9 Å². The number of aliphatic hydroxyl groups is 5. The van der Waals surface area contributed by atoms with Gasteiger partial charge in [-0.3, -0.25) is 4.79 Å². The van der Waals surface area contributed by atoms with Crippen molar-refractivity contribution < 1.29 is 102 Å². The molecule has 348 valence electrons. The number of fused-ring (bicyclic) bond motifs is 3. The number of ether oxygens (including phenoxy) is 11. The molecule has 21 nitrogen and oxygen atoms in total. The number of rotatable bonds is 15. The molecule has 4 fully saturated rings. The molecule has 4 heterocycles. The summed E-state index contributed by atoms with van der Waals surface area (Å²) in [4.78, 5) is 39.8. The lowest BCUT2D eigenvalue weighted by Crippen LogP contribution is -2.62. The second kappa shape index (κ2) is 19.4. The molecule has 3 saturated heterocycles. The summed E-state index contributed by atoms with van der Waals surface area (Å²) >= 11 is 0. The number of carbonyl (C=O) groups excluding carboxylic acids is 3. The minimum atomic E-state index is -1.78. The fourth-order valence-electron chi connectivity index (χ4n) is 8.43. The summed E-state index contributed by atoms with van der Waals surface area (Å²) in [7, 11) is 2.71. The molecule has 21 heteroatoms. The number of benzene rings is 2. The first-order valence-corrected chi connectivity index (χ1v) is 20.2. The molecule has 0 amide bonds. The van der Waals surface area contributed by atoms with Gasteiger partial charge in [0.1, 0.15) is 36.1 Å². The highest BCUT2D eigenvalue weighted by Gasteiger charge is 2.77. The van der Waals surface area contributed by atoms with Crippen molar-refractivity contribution in [2.75, 3.05) is 27.4 Å². The molecule has 0 aromatic heterocycles. The average molecular weight is 903 g/mol. The number of esters is 3. The number of phenols is 2. The van der Waals surface area contributed by atoms with Crippen LogP contribution in [-0.2, 0) is 57.0 Å². The van der Waals surface area contributed by atoms with Crippen molar-refractivity contribution in [3.05, 3.63) is 72.0 Å². The van der Waals surface area contributed by atoms with Crippen LogP contribution in [0.15, 0.2) is 60.9 Å². The minimum absolute atomic E-state index is 0.132. The third-order valence-corrected chi connectivity index (χ3v) is 11.7. The lowest BCUT2D eigenvalue weighted by atomic mass is 9.85. The Morgan fingerprint density at radius 3 is 1.91 bits per heavy atom. The van der Waals surface area contributed by atoms with E-state index in [1.54, 1.807) is 6.08 Å². The molecule has 1 saturated carbocycles. The van der Waals surface area contributed by atoms with Crippen molar-refractivity contribution in [2.45, 2.75) is 99.4 Å². The van der Waals surface area contributed by atoms with Gasteiger partial charge in [0, 0.05) is 25.0 Å². The number of hydrogen-bond donors (Lipinski definition) is 7. The Morgan fingerprint density at radius 2 is 1.34 bits per heavy atom. The molecule has 0 spiro atoms. The number of phenolic OH excluding ortho intramolecular Hbond substituents is 2. The van der Waals surface area contributed by atoms with E-state index in [0.717, 1.165) is 19.1 Å². The number of carbonyl (C=O) groups is 3. The largest absolute Gasteiger partial charge is 0.504 e. The maximum Gasteiger partial charge on any atom is 0.331 e. The van der Waals surface area contributed by atoms with Gasteiger partial charge in [-0.2, -0.15) is 0 Å². The molecular formula is C43H50O21. The van der Waals surface area contributed by atoms with Crippen molar-refractivity contribution in [1.82, 2.24) is 0 Å². The smallest absolute Gasteiger partial charge is 0.331 e. The van der Waals surface area contributed by atoms with Crippen LogP contribution in [0.2, 0.25) is 0 Å². The third-order valence-electron chi connectivity index (χ3n) is 11.7. The van der Waals surface area contributed by atoms with Gasteiger partial charge in [0.2, 0.25) is 6.29 Å². The standard InChI is InChI=1S/C43H50O21/c1-19-35(58-20(2)46)37(60-29(49)11-7-21-5-9-24(47)26(15-21)54-3)38(61-30(50)12-8-22-6-10-25(48)27(16-22)55-4)42(57-19)62-36-23-13-14-56-40(31(23)43(18-45)39(36)64-43)63-41-34(53)33(52)32(51)28(17-44)59-41/h5-16,19,23,28,31-42,44-45,47-48,51-53H,17-18H2,1-4H3/b11-7+,12-8+/t19-,23?,28-,31?,32-,33+,34-,35+,36+,37-,38+,39+,40+,41+,42+,43-/m1/s1. The molecule has 2 aromatic carbocycles. The topological polar surface area (TPSA) is 298 Å². The Labute approximate surface area is 365 Å². The predicted octanol–water partition coefficient (Wildman–Crippen LogP) is -0.211. The highest BCUT2D eigenvalue weighted by Crippen LogP contribution is 2.61. The molecule has 1 aliphatic carbocycles. The first kappa shape index (κ1) is 46.7. The van der Waals surface area contributed by atoms with Gasteiger partial charge >= 0.3 is 17.9 Å². The summed E-state index contributed by atoms with van der Waals surface area (Å²) < 4.78 is 64.0. The summed E-state index contributed by atoms with van der Waals surface area (Å²) in [5.74, 6) is -4.35. The first-order chi connectivity index (χ1) is 30.6. The fraction of sp³-hybridized carbons (Fsp3) is 0.512. The van der Waals surface area contributed by atoms with Gasteiger partial charge < -0.3 is 87.9 Å². The molecule has 64 heavy (non-hydrogen) atoms. The summed E-state index contributed by atoms with van der Waals surface area (Å²) in [6, 6.07) is 8.66. The van der Waals surface area contributed by atoms with Crippen LogP contribution in [0.4, 0.5) is 0 Å². The van der Waals surface area contributed by atoms with Gasteiger partial charge in [-0.25, -0.2) is 9.59 Å². The van der Waals surface area contributed by atoms with Crippen LogP contribution in [0.5, 0.6) is 23.0 Å². The molecule has 4 aliphatic heterocycles. The Hall–Kier alpha value is -5.33. The lowest BCUT2D eigenvalue weighted by molar-refractivity contribution is -0.347. The predicted molar refractivity (Wildman–Crippen MR) is 212 cm³/mol. The quantitative estimate of drug-likeness (QED) is 0.0527. The van der Waals surface area contributed by atoms with Gasteiger partial charge in [0.05, 0.1) is 51.8 Å². The Morgan fingerprint density at radius 1 is 0.734 bits per heavy atom. The highest BCUT2D eigenvalue weighted by atomic mass is 16.8. The molecule has 16 atom stereocenters. The van der Waals surface area contributed by atoms with Crippen LogP contribution in [-0.4, -0.2) is 167 Å². The maximum absolute atomic E-state index is 13.7. The van der Waals surface area contributed by atoms with E-state index in [2.05, 4.69) is 0 Å². The second-order valence-electron chi connectivity index (χ2n) is 15.6.